The van der Waals surface area contributed by atoms with Crippen molar-refractivity contribution in [3.8, 4) is 11.5 Å². The first-order valence-corrected chi connectivity index (χ1v) is 11.0. The Bertz CT molecular complexity index is 1140. The van der Waals surface area contributed by atoms with Crippen LogP contribution in [-0.2, 0) is 0 Å². The molecule has 1 saturated heterocycles. The zero-order valence-corrected chi connectivity index (χ0v) is 18.2. The Morgan fingerprint density at radius 2 is 2.09 bits per heavy atom. The monoisotopic (exact) mass is 457 g/mol. The molecule has 1 aliphatic carbocycles. The first kappa shape index (κ1) is 21.5. The van der Waals surface area contributed by atoms with Crippen LogP contribution in [0.1, 0.15) is 54.3 Å². The van der Waals surface area contributed by atoms with Gasteiger partial charge in [0.15, 0.2) is 11.4 Å². The number of rotatable bonds is 7. The molecule has 0 radical (unpaired) electrons. The third kappa shape index (κ3) is 4.58. The number of hydrogen-bond donors (Lipinski definition) is 2. The van der Waals surface area contributed by atoms with Crippen molar-refractivity contribution in [3.63, 3.8) is 0 Å². The number of hydrogen-bond acceptors (Lipinski definition) is 7. The molecule has 0 bridgehead atoms. The first-order chi connectivity index (χ1) is 16.0. The number of pyridine rings is 1. The summed E-state index contributed by atoms with van der Waals surface area (Å²) in [6, 6.07) is 4.11. The maximum atomic E-state index is 13.6. The van der Waals surface area contributed by atoms with Crippen molar-refractivity contribution >= 4 is 17.4 Å². The van der Waals surface area contributed by atoms with Crippen molar-refractivity contribution in [1.29, 1.82) is 0 Å². The molecule has 11 heteroatoms. The summed E-state index contributed by atoms with van der Waals surface area (Å²) in [4.78, 5) is 23.5. The number of piperidine rings is 1. The fourth-order valence-corrected chi connectivity index (χ4v) is 4.01. The Morgan fingerprint density at radius 1 is 1.30 bits per heavy atom. The van der Waals surface area contributed by atoms with Crippen molar-refractivity contribution in [2.24, 2.45) is 0 Å². The Labute approximate surface area is 189 Å². The molecule has 1 amide bonds. The average Bonchev–Trinajstić information content (AvgIpc) is 3.40. The summed E-state index contributed by atoms with van der Waals surface area (Å²) in [5.41, 5.74) is 0.204. The molecule has 5 rings (SSSR count). The number of halogens is 2. The first-order valence-electron chi connectivity index (χ1n) is 11.0. The van der Waals surface area contributed by atoms with Gasteiger partial charge in [0.25, 0.3) is 12.3 Å². The van der Waals surface area contributed by atoms with Gasteiger partial charge in [0.1, 0.15) is 12.1 Å². The predicted octanol–water partition coefficient (Wildman–Crippen LogP) is 3.65. The van der Waals surface area contributed by atoms with E-state index in [0.29, 0.717) is 11.6 Å². The van der Waals surface area contributed by atoms with E-state index in [1.165, 1.54) is 17.1 Å². The summed E-state index contributed by atoms with van der Waals surface area (Å²) in [5.74, 6) is 0.416. The smallest absolute Gasteiger partial charge is 0.284 e. The number of alkyl halides is 2. The lowest BCUT2D eigenvalue weighted by molar-refractivity contribution is 0.102. The quantitative estimate of drug-likeness (QED) is 0.559. The van der Waals surface area contributed by atoms with Crippen LogP contribution >= 0.6 is 0 Å². The molecule has 1 aliphatic heterocycles. The minimum atomic E-state index is -2.81. The lowest BCUT2D eigenvalue weighted by Gasteiger charge is -2.22. The number of amides is 1. The Morgan fingerprint density at radius 3 is 2.82 bits per heavy atom. The van der Waals surface area contributed by atoms with Crippen LogP contribution in [-0.4, -0.2) is 51.8 Å². The number of nitrogens with one attached hydrogen (secondary N) is 2. The van der Waals surface area contributed by atoms with E-state index in [1.807, 2.05) is 13.1 Å². The standard InChI is InChI=1S/C22H25F2N7O2/c1-30(14-2-3-14)18-10-13(4-9-26-18)22-28-17(12-33-22)21(32)27-16-11-31(29-19(16)20(23)24)15-5-7-25-8-6-15/h4,9-12,14-15,20,25H,2-3,5-8H2,1H3,(H,27,32). The van der Waals surface area contributed by atoms with Gasteiger partial charge in [-0.3, -0.25) is 9.48 Å². The van der Waals surface area contributed by atoms with E-state index >= 15 is 0 Å². The molecule has 33 heavy (non-hydrogen) atoms. The molecule has 4 heterocycles. The minimum absolute atomic E-state index is 0.00579. The number of carbonyl (C=O) groups is 1. The molecule has 3 aromatic heterocycles. The van der Waals surface area contributed by atoms with Gasteiger partial charge < -0.3 is 20.0 Å². The highest BCUT2D eigenvalue weighted by atomic mass is 19.3. The molecule has 0 atom stereocenters. The van der Waals surface area contributed by atoms with Gasteiger partial charge in [-0.05, 0) is 50.9 Å². The molecule has 174 valence electrons. The molecular formula is C22H25F2N7O2. The second-order valence-corrected chi connectivity index (χ2v) is 8.43. The number of carbonyl (C=O) groups excluding carboxylic acids is 1. The molecule has 2 aliphatic rings. The summed E-state index contributed by atoms with van der Waals surface area (Å²) >= 11 is 0. The Balaban J connectivity index is 1.33. The molecule has 3 aromatic rings. The van der Waals surface area contributed by atoms with Gasteiger partial charge in [-0.15, -0.1) is 0 Å². The zero-order chi connectivity index (χ0) is 22.9. The topological polar surface area (TPSA) is 101 Å². The maximum absolute atomic E-state index is 13.6. The van der Waals surface area contributed by atoms with E-state index in [0.717, 1.165) is 44.6 Å². The number of aromatic nitrogens is 4. The van der Waals surface area contributed by atoms with Gasteiger partial charge in [0.2, 0.25) is 5.89 Å². The summed E-state index contributed by atoms with van der Waals surface area (Å²) < 4.78 is 34.2. The SMILES string of the molecule is CN(c1cc(-c2nc(C(=O)Nc3cn(C4CCNCC4)nc3C(F)F)co2)ccn1)C1CC1. The van der Waals surface area contributed by atoms with Crippen molar-refractivity contribution in [2.45, 2.75) is 44.2 Å². The van der Waals surface area contributed by atoms with Crippen LogP contribution < -0.4 is 15.5 Å². The van der Waals surface area contributed by atoms with E-state index in [9.17, 15) is 13.6 Å². The lowest BCUT2D eigenvalue weighted by atomic mass is 10.1. The third-order valence-corrected chi connectivity index (χ3v) is 6.08. The Hall–Kier alpha value is -3.34. The predicted molar refractivity (Wildman–Crippen MR) is 117 cm³/mol. The van der Waals surface area contributed by atoms with Crippen LogP contribution in [0.5, 0.6) is 0 Å². The van der Waals surface area contributed by atoms with Crippen LogP contribution in [0, 0.1) is 0 Å². The van der Waals surface area contributed by atoms with E-state index in [4.69, 9.17) is 4.42 Å². The number of oxazole rings is 1. The van der Waals surface area contributed by atoms with Crippen molar-refractivity contribution in [3.05, 3.63) is 42.2 Å². The maximum Gasteiger partial charge on any atom is 0.284 e. The fourth-order valence-electron chi connectivity index (χ4n) is 4.01. The second kappa shape index (κ2) is 8.89. The van der Waals surface area contributed by atoms with Crippen molar-refractivity contribution in [2.75, 3.05) is 30.4 Å². The van der Waals surface area contributed by atoms with Gasteiger partial charge >= 0.3 is 0 Å². The molecule has 0 spiro atoms. The largest absolute Gasteiger partial charge is 0.444 e. The molecule has 0 unspecified atom stereocenters. The highest BCUT2D eigenvalue weighted by Gasteiger charge is 2.28. The highest BCUT2D eigenvalue weighted by Crippen LogP contribution is 2.32. The van der Waals surface area contributed by atoms with E-state index in [-0.39, 0.29) is 23.3 Å². The van der Waals surface area contributed by atoms with Crippen molar-refractivity contribution in [1.82, 2.24) is 25.1 Å². The van der Waals surface area contributed by atoms with Gasteiger partial charge in [-0.2, -0.15) is 5.10 Å². The molecule has 2 N–H and O–H groups in total. The molecule has 2 fully saturated rings. The van der Waals surface area contributed by atoms with Crippen LogP contribution in [0.3, 0.4) is 0 Å². The summed E-state index contributed by atoms with van der Waals surface area (Å²) in [5, 5.41) is 9.80. The summed E-state index contributed by atoms with van der Waals surface area (Å²) in [6.45, 7) is 1.59. The average molecular weight is 457 g/mol. The fraction of sp³-hybridized carbons (Fsp3) is 0.455. The van der Waals surface area contributed by atoms with Gasteiger partial charge in [0.05, 0.1) is 11.7 Å². The molecule has 1 saturated carbocycles. The molecule has 0 aromatic carbocycles. The summed E-state index contributed by atoms with van der Waals surface area (Å²) in [6.07, 6.45) is 5.39. The van der Waals surface area contributed by atoms with E-state index in [1.54, 1.807) is 12.3 Å². The third-order valence-electron chi connectivity index (χ3n) is 6.08. The summed E-state index contributed by atoms with van der Waals surface area (Å²) in [7, 11) is 1.99. The number of anilines is 2. The highest BCUT2D eigenvalue weighted by molar-refractivity contribution is 6.03. The van der Waals surface area contributed by atoms with Gasteiger partial charge in [-0.1, -0.05) is 0 Å². The lowest BCUT2D eigenvalue weighted by Crippen LogP contribution is -2.29. The normalized spacial score (nSPS) is 16.8. The van der Waals surface area contributed by atoms with Crippen LogP contribution in [0.25, 0.3) is 11.5 Å². The van der Waals surface area contributed by atoms with Crippen LogP contribution in [0.15, 0.2) is 35.2 Å². The van der Waals surface area contributed by atoms with E-state index < -0.39 is 18.0 Å². The van der Waals surface area contributed by atoms with Crippen molar-refractivity contribution < 1.29 is 18.0 Å². The minimum Gasteiger partial charge on any atom is -0.444 e. The Kier molecular flexibility index (Phi) is 5.79. The molecule has 9 nitrogen and oxygen atoms in total. The van der Waals surface area contributed by atoms with Crippen LogP contribution in [0.2, 0.25) is 0 Å². The zero-order valence-electron chi connectivity index (χ0n) is 18.2. The molecular weight excluding hydrogens is 432 g/mol. The van der Waals surface area contributed by atoms with E-state index in [2.05, 4.69) is 30.6 Å². The van der Waals surface area contributed by atoms with Gasteiger partial charge in [-0.25, -0.2) is 18.7 Å². The second-order valence-electron chi connectivity index (χ2n) is 8.43. The number of nitrogens with zero attached hydrogens (tertiary/aromatic N) is 5. The van der Waals surface area contributed by atoms with Gasteiger partial charge in [0, 0.05) is 31.0 Å². The van der Waals surface area contributed by atoms with Crippen LogP contribution in [0.4, 0.5) is 20.3 Å².